The SMILES string of the molecule is O=C(Nc1cccc(F)c1)N1CCC(O)(C2CCCC2)CC1. The first-order chi connectivity index (χ1) is 10.6. The lowest BCUT2D eigenvalue weighted by atomic mass is 9.78. The van der Waals surface area contributed by atoms with E-state index in [1.807, 2.05) is 0 Å². The fourth-order valence-corrected chi connectivity index (χ4v) is 3.74. The zero-order chi connectivity index (χ0) is 15.6. The minimum atomic E-state index is -0.605. The quantitative estimate of drug-likeness (QED) is 0.880. The summed E-state index contributed by atoms with van der Waals surface area (Å²) in [5.41, 5.74) is -0.145. The van der Waals surface area contributed by atoms with Crippen LogP contribution in [0.4, 0.5) is 14.9 Å². The second kappa shape index (κ2) is 6.24. The van der Waals surface area contributed by atoms with Crippen LogP contribution in [-0.4, -0.2) is 34.7 Å². The van der Waals surface area contributed by atoms with Crippen LogP contribution in [0.25, 0.3) is 0 Å². The highest BCUT2D eigenvalue weighted by Crippen LogP contribution is 2.40. The lowest BCUT2D eigenvalue weighted by Crippen LogP contribution is -2.50. The molecule has 1 aliphatic heterocycles. The molecule has 2 amide bonds. The van der Waals surface area contributed by atoms with E-state index < -0.39 is 5.60 Å². The molecule has 2 N–H and O–H groups in total. The van der Waals surface area contributed by atoms with Gasteiger partial charge in [0, 0.05) is 18.8 Å². The molecule has 0 radical (unpaired) electrons. The van der Waals surface area contributed by atoms with E-state index in [9.17, 15) is 14.3 Å². The Morgan fingerprint density at radius 1 is 1.27 bits per heavy atom. The molecule has 2 fully saturated rings. The van der Waals surface area contributed by atoms with E-state index in [0.29, 0.717) is 37.5 Å². The highest BCUT2D eigenvalue weighted by Gasteiger charge is 2.41. The van der Waals surface area contributed by atoms with E-state index in [0.717, 1.165) is 12.8 Å². The second-order valence-corrected chi connectivity index (χ2v) is 6.51. The lowest BCUT2D eigenvalue weighted by Gasteiger charge is -2.41. The summed E-state index contributed by atoms with van der Waals surface area (Å²) in [7, 11) is 0. The number of aliphatic hydroxyl groups is 1. The molecule has 120 valence electrons. The predicted octanol–water partition coefficient (Wildman–Crippen LogP) is 3.37. The number of amides is 2. The summed E-state index contributed by atoms with van der Waals surface area (Å²) < 4.78 is 13.1. The van der Waals surface area contributed by atoms with Crippen molar-refractivity contribution in [2.24, 2.45) is 5.92 Å². The molecule has 0 aromatic heterocycles. The topological polar surface area (TPSA) is 52.6 Å². The molecular weight excluding hydrogens is 283 g/mol. The minimum absolute atomic E-state index is 0.223. The molecule has 3 rings (SSSR count). The summed E-state index contributed by atoms with van der Waals surface area (Å²) in [6, 6.07) is 5.66. The molecule has 0 spiro atoms. The highest BCUT2D eigenvalue weighted by atomic mass is 19.1. The van der Waals surface area contributed by atoms with Gasteiger partial charge in [0.1, 0.15) is 5.82 Å². The maximum absolute atomic E-state index is 13.1. The predicted molar refractivity (Wildman–Crippen MR) is 83.1 cm³/mol. The summed E-state index contributed by atoms with van der Waals surface area (Å²) in [6.45, 7) is 1.10. The van der Waals surface area contributed by atoms with Crippen LogP contribution in [0.15, 0.2) is 24.3 Å². The number of carbonyl (C=O) groups excluding carboxylic acids is 1. The van der Waals surface area contributed by atoms with Crippen molar-refractivity contribution in [2.75, 3.05) is 18.4 Å². The standard InChI is InChI=1S/C17H23FN2O2/c18-14-6-3-7-15(12-14)19-16(21)20-10-8-17(22,9-11-20)13-4-1-2-5-13/h3,6-7,12-13,22H,1-2,4-5,8-11H2,(H,19,21). The Morgan fingerprint density at radius 3 is 2.59 bits per heavy atom. The Hall–Kier alpha value is -1.62. The van der Waals surface area contributed by atoms with Gasteiger partial charge in [-0.2, -0.15) is 0 Å². The Morgan fingerprint density at radius 2 is 1.95 bits per heavy atom. The number of piperidine rings is 1. The number of benzene rings is 1. The Kier molecular flexibility index (Phi) is 4.34. The zero-order valence-corrected chi connectivity index (χ0v) is 12.7. The van der Waals surface area contributed by atoms with Gasteiger partial charge in [0.15, 0.2) is 0 Å². The van der Waals surface area contributed by atoms with Crippen molar-refractivity contribution in [1.82, 2.24) is 4.90 Å². The number of urea groups is 1. The van der Waals surface area contributed by atoms with Crippen LogP contribution in [0, 0.1) is 11.7 Å². The molecule has 0 unspecified atom stereocenters. The first-order valence-corrected chi connectivity index (χ1v) is 8.11. The molecule has 1 aromatic carbocycles. The number of carbonyl (C=O) groups is 1. The molecule has 1 saturated heterocycles. The number of hydrogen-bond acceptors (Lipinski definition) is 2. The fourth-order valence-electron chi connectivity index (χ4n) is 3.74. The largest absolute Gasteiger partial charge is 0.389 e. The van der Waals surface area contributed by atoms with Crippen molar-refractivity contribution in [3.05, 3.63) is 30.1 Å². The van der Waals surface area contributed by atoms with Crippen LogP contribution >= 0.6 is 0 Å². The smallest absolute Gasteiger partial charge is 0.321 e. The molecule has 1 saturated carbocycles. The summed E-state index contributed by atoms with van der Waals surface area (Å²) >= 11 is 0. The summed E-state index contributed by atoms with van der Waals surface area (Å²) in [6.07, 6.45) is 5.88. The van der Waals surface area contributed by atoms with Crippen molar-refractivity contribution in [3.8, 4) is 0 Å². The van der Waals surface area contributed by atoms with Gasteiger partial charge in [0.25, 0.3) is 0 Å². The first kappa shape index (κ1) is 15.3. The molecule has 5 heteroatoms. The van der Waals surface area contributed by atoms with Gasteiger partial charge in [-0.3, -0.25) is 0 Å². The number of nitrogens with zero attached hydrogens (tertiary/aromatic N) is 1. The molecule has 2 aliphatic rings. The summed E-state index contributed by atoms with van der Waals surface area (Å²) in [5, 5.41) is 13.5. The molecule has 0 bridgehead atoms. The average molecular weight is 306 g/mol. The van der Waals surface area contributed by atoms with E-state index in [1.54, 1.807) is 17.0 Å². The molecule has 4 nitrogen and oxygen atoms in total. The maximum Gasteiger partial charge on any atom is 0.321 e. The molecule has 1 aliphatic carbocycles. The van der Waals surface area contributed by atoms with Crippen LogP contribution in [0.1, 0.15) is 38.5 Å². The van der Waals surface area contributed by atoms with E-state index in [1.165, 1.54) is 25.0 Å². The Balaban J connectivity index is 1.55. The lowest BCUT2D eigenvalue weighted by molar-refractivity contribution is -0.0574. The molecule has 22 heavy (non-hydrogen) atoms. The van der Waals surface area contributed by atoms with Crippen LogP contribution in [0.2, 0.25) is 0 Å². The van der Waals surface area contributed by atoms with E-state index >= 15 is 0 Å². The first-order valence-electron chi connectivity index (χ1n) is 8.11. The third-order valence-corrected chi connectivity index (χ3v) is 5.11. The van der Waals surface area contributed by atoms with Crippen LogP contribution in [-0.2, 0) is 0 Å². The average Bonchev–Trinajstić information content (AvgIpc) is 3.03. The summed E-state index contributed by atoms with van der Waals surface area (Å²) in [4.78, 5) is 13.9. The maximum atomic E-state index is 13.1. The number of anilines is 1. The van der Waals surface area contributed by atoms with Crippen LogP contribution in [0.5, 0.6) is 0 Å². The van der Waals surface area contributed by atoms with Gasteiger partial charge in [-0.05, 0) is 49.8 Å². The Labute approximate surface area is 130 Å². The number of halogens is 1. The van der Waals surface area contributed by atoms with E-state index in [2.05, 4.69) is 5.32 Å². The molecule has 1 aromatic rings. The molecule has 1 heterocycles. The number of nitrogens with one attached hydrogen (secondary N) is 1. The number of hydrogen-bond donors (Lipinski definition) is 2. The van der Waals surface area contributed by atoms with Crippen molar-refractivity contribution in [3.63, 3.8) is 0 Å². The molecule has 0 atom stereocenters. The van der Waals surface area contributed by atoms with Crippen LogP contribution < -0.4 is 5.32 Å². The van der Waals surface area contributed by atoms with Crippen LogP contribution in [0.3, 0.4) is 0 Å². The van der Waals surface area contributed by atoms with E-state index in [-0.39, 0.29) is 11.8 Å². The van der Waals surface area contributed by atoms with Gasteiger partial charge in [-0.15, -0.1) is 0 Å². The Bertz CT molecular complexity index is 535. The number of rotatable bonds is 2. The van der Waals surface area contributed by atoms with Crippen molar-refractivity contribution < 1.29 is 14.3 Å². The normalized spacial score (nSPS) is 21.8. The van der Waals surface area contributed by atoms with Crippen molar-refractivity contribution in [1.29, 1.82) is 0 Å². The van der Waals surface area contributed by atoms with Gasteiger partial charge in [0.05, 0.1) is 5.60 Å². The fraction of sp³-hybridized carbons (Fsp3) is 0.588. The third kappa shape index (κ3) is 3.24. The van der Waals surface area contributed by atoms with E-state index in [4.69, 9.17) is 0 Å². The van der Waals surface area contributed by atoms with Gasteiger partial charge in [-0.1, -0.05) is 18.9 Å². The summed E-state index contributed by atoms with van der Waals surface area (Å²) in [5.74, 6) is 0.0213. The third-order valence-electron chi connectivity index (χ3n) is 5.11. The van der Waals surface area contributed by atoms with Gasteiger partial charge in [-0.25, -0.2) is 9.18 Å². The van der Waals surface area contributed by atoms with Gasteiger partial charge >= 0.3 is 6.03 Å². The highest BCUT2D eigenvalue weighted by molar-refractivity contribution is 5.89. The zero-order valence-electron chi connectivity index (χ0n) is 12.7. The minimum Gasteiger partial charge on any atom is -0.389 e. The monoisotopic (exact) mass is 306 g/mol. The number of likely N-dealkylation sites (tertiary alicyclic amines) is 1. The van der Waals surface area contributed by atoms with Crippen molar-refractivity contribution >= 4 is 11.7 Å². The van der Waals surface area contributed by atoms with Gasteiger partial charge in [0.2, 0.25) is 0 Å². The second-order valence-electron chi connectivity index (χ2n) is 6.51. The van der Waals surface area contributed by atoms with Crippen molar-refractivity contribution in [2.45, 2.75) is 44.1 Å². The molecular formula is C17H23FN2O2. The van der Waals surface area contributed by atoms with Gasteiger partial charge < -0.3 is 15.3 Å².